The lowest BCUT2D eigenvalue weighted by Crippen LogP contribution is -2.50. The first-order chi connectivity index (χ1) is 11.2. The summed E-state index contributed by atoms with van der Waals surface area (Å²) in [6.45, 7) is 5.53. The highest BCUT2D eigenvalue weighted by Crippen LogP contribution is 2.17. The summed E-state index contributed by atoms with van der Waals surface area (Å²) >= 11 is 0. The highest BCUT2D eigenvalue weighted by Gasteiger charge is 2.34. The lowest BCUT2D eigenvalue weighted by atomic mass is 10.0. The van der Waals surface area contributed by atoms with Gasteiger partial charge in [0.15, 0.2) is 5.78 Å². The van der Waals surface area contributed by atoms with Crippen LogP contribution in [0.25, 0.3) is 0 Å². The van der Waals surface area contributed by atoms with Gasteiger partial charge in [-0.1, -0.05) is 6.92 Å². The van der Waals surface area contributed by atoms with Crippen molar-refractivity contribution in [3.8, 4) is 5.75 Å². The van der Waals surface area contributed by atoms with Gasteiger partial charge in [-0.15, -0.1) is 0 Å². The first-order valence-corrected chi connectivity index (χ1v) is 7.96. The predicted octanol–water partition coefficient (Wildman–Crippen LogP) is 2.76. The molecule has 0 saturated carbocycles. The second-order valence-corrected chi connectivity index (χ2v) is 6.11. The molecule has 0 aliphatic carbocycles. The summed E-state index contributed by atoms with van der Waals surface area (Å²) in [5, 5.41) is 9.13. The number of nitrogens with zero attached hydrogens (tertiary/aromatic N) is 1. The summed E-state index contributed by atoms with van der Waals surface area (Å²) < 4.78 is 5.45. The molecular formula is C18H25NO5. The zero-order chi connectivity index (χ0) is 18.3. The Labute approximate surface area is 142 Å². The smallest absolute Gasteiger partial charge is 0.329 e. The molecule has 0 unspecified atom stereocenters. The molecule has 1 N–H and O–H groups in total. The van der Waals surface area contributed by atoms with Gasteiger partial charge < -0.3 is 14.7 Å². The molecule has 1 aromatic rings. The lowest BCUT2D eigenvalue weighted by Gasteiger charge is -2.31. The molecule has 1 rings (SSSR count). The number of likely N-dealkylation sites (N-methyl/N-ethyl adjacent to an activating group) is 1. The van der Waals surface area contributed by atoms with Crippen LogP contribution in [0, 0.1) is 0 Å². The van der Waals surface area contributed by atoms with E-state index in [0.717, 1.165) is 11.3 Å². The van der Waals surface area contributed by atoms with Crippen LogP contribution in [0.15, 0.2) is 24.3 Å². The molecule has 1 amide bonds. The highest BCUT2D eigenvalue weighted by atomic mass is 16.5. The van der Waals surface area contributed by atoms with Crippen molar-refractivity contribution in [3.63, 3.8) is 0 Å². The monoisotopic (exact) mass is 335 g/mol. The van der Waals surface area contributed by atoms with Gasteiger partial charge in [-0.05, 0) is 44.5 Å². The number of carboxylic acids is 1. The summed E-state index contributed by atoms with van der Waals surface area (Å²) in [6, 6.07) is 6.79. The van der Waals surface area contributed by atoms with E-state index in [1.165, 1.54) is 20.9 Å². The molecule has 0 spiro atoms. The number of rotatable bonds is 9. The van der Waals surface area contributed by atoms with Crippen LogP contribution in [0.4, 0.5) is 0 Å². The molecular weight excluding hydrogens is 310 g/mol. The van der Waals surface area contributed by atoms with Crippen LogP contribution in [0.3, 0.4) is 0 Å². The van der Waals surface area contributed by atoms with Gasteiger partial charge in [-0.3, -0.25) is 9.59 Å². The maximum Gasteiger partial charge on any atom is 0.329 e. The Bertz CT molecular complexity index is 592. The summed E-state index contributed by atoms with van der Waals surface area (Å²) in [5.41, 5.74) is -0.801. The maximum atomic E-state index is 12.2. The van der Waals surface area contributed by atoms with Crippen molar-refractivity contribution in [2.75, 3.05) is 13.7 Å². The summed E-state index contributed by atoms with van der Waals surface area (Å²) in [5.74, 6) is -0.926. The Morgan fingerprint density at radius 1 is 1.12 bits per heavy atom. The Hall–Kier alpha value is -2.37. The predicted molar refractivity (Wildman–Crippen MR) is 90.3 cm³/mol. The number of Topliss-reactive ketones (excluding diaryl/α,β-unsaturated/α-hetero) is 1. The third-order valence-electron chi connectivity index (χ3n) is 3.95. The minimum Gasteiger partial charge on any atom is -0.494 e. The minimum absolute atomic E-state index is 0.0276. The third-order valence-corrected chi connectivity index (χ3v) is 3.95. The Morgan fingerprint density at radius 3 is 2.21 bits per heavy atom. The van der Waals surface area contributed by atoms with Crippen LogP contribution in [0.5, 0.6) is 5.75 Å². The van der Waals surface area contributed by atoms with Crippen LogP contribution in [0.2, 0.25) is 0 Å². The van der Waals surface area contributed by atoms with Crippen LogP contribution < -0.4 is 4.74 Å². The fourth-order valence-electron chi connectivity index (χ4n) is 1.94. The summed E-state index contributed by atoms with van der Waals surface area (Å²) in [7, 11) is 1.43. The Kier molecular flexibility index (Phi) is 6.95. The number of ether oxygens (including phenoxy) is 1. The number of carbonyl (C=O) groups is 3. The normalized spacial score (nSPS) is 11.0. The second-order valence-electron chi connectivity index (χ2n) is 6.11. The van der Waals surface area contributed by atoms with Crippen molar-refractivity contribution in [1.29, 1.82) is 0 Å². The average Bonchev–Trinajstić information content (AvgIpc) is 2.56. The van der Waals surface area contributed by atoms with Crippen molar-refractivity contribution >= 4 is 17.7 Å². The highest BCUT2D eigenvalue weighted by molar-refractivity contribution is 5.98. The number of carbonyl (C=O) groups excluding carboxylic acids is 2. The van der Waals surface area contributed by atoms with Crippen molar-refractivity contribution < 1.29 is 24.2 Å². The molecule has 132 valence electrons. The number of hydrogen-bond acceptors (Lipinski definition) is 4. The molecule has 1 aromatic carbocycles. The number of hydrogen-bond donors (Lipinski definition) is 1. The molecule has 0 saturated heterocycles. The molecule has 0 bridgehead atoms. The van der Waals surface area contributed by atoms with Crippen LogP contribution in [-0.2, 0) is 9.59 Å². The lowest BCUT2D eigenvalue weighted by molar-refractivity contribution is -0.155. The quantitative estimate of drug-likeness (QED) is 0.702. The standard InChI is InChI=1S/C18H25NO5/c1-5-12-24-14-8-6-13(7-9-14)15(20)10-11-16(21)19(4)18(2,3)17(22)23/h6-9H,5,10-12H2,1-4H3,(H,22,23). The number of benzene rings is 1. The number of aliphatic carboxylic acids is 1. The number of ketones is 1. The van der Waals surface area contributed by atoms with E-state index < -0.39 is 11.5 Å². The first kappa shape index (κ1) is 19.7. The molecule has 6 heteroatoms. The van der Waals surface area contributed by atoms with E-state index in [1.807, 2.05) is 6.92 Å². The van der Waals surface area contributed by atoms with Gasteiger partial charge in [-0.2, -0.15) is 0 Å². The minimum atomic E-state index is -1.31. The molecule has 0 atom stereocenters. The van der Waals surface area contributed by atoms with Crippen molar-refractivity contribution in [2.45, 2.75) is 45.6 Å². The SMILES string of the molecule is CCCOc1ccc(C(=O)CCC(=O)N(C)C(C)(C)C(=O)O)cc1. The van der Waals surface area contributed by atoms with Gasteiger partial charge in [0, 0.05) is 25.5 Å². The van der Waals surface area contributed by atoms with E-state index in [-0.39, 0.29) is 24.5 Å². The zero-order valence-corrected chi connectivity index (χ0v) is 14.7. The third kappa shape index (κ3) is 5.08. The summed E-state index contributed by atoms with van der Waals surface area (Å²) in [6.07, 6.45) is 0.914. The Balaban J connectivity index is 2.59. The van der Waals surface area contributed by atoms with Crippen LogP contribution in [-0.4, -0.2) is 46.9 Å². The van der Waals surface area contributed by atoms with E-state index in [9.17, 15) is 14.4 Å². The van der Waals surface area contributed by atoms with Gasteiger partial charge in [-0.25, -0.2) is 4.79 Å². The van der Waals surface area contributed by atoms with Gasteiger partial charge in [0.2, 0.25) is 5.91 Å². The molecule has 0 aromatic heterocycles. The van der Waals surface area contributed by atoms with Gasteiger partial charge >= 0.3 is 5.97 Å². The van der Waals surface area contributed by atoms with Crippen molar-refractivity contribution in [1.82, 2.24) is 4.90 Å². The van der Waals surface area contributed by atoms with Gasteiger partial charge in [0.1, 0.15) is 11.3 Å². The van der Waals surface area contributed by atoms with Crippen LogP contribution >= 0.6 is 0 Å². The molecule has 0 aliphatic heterocycles. The largest absolute Gasteiger partial charge is 0.494 e. The second kappa shape index (κ2) is 8.47. The van der Waals surface area contributed by atoms with Crippen molar-refractivity contribution in [3.05, 3.63) is 29.8 Å². The van der Waals surface area contributed by atoms with Crippen LogP contribution in [0.1, 0.15) is 50.4 Å². The molecule has 0 fully saturated rings. The fourth-order valence-corrected chi connectivity index (χ4v) is 1.94. The van der Waals surface area contributed by atoms with E-state index in [2.05, 4.69) is 0 Å². The Morgan fingerprint density at radius 2 is 1.71 bits per heavy atom. The molecule has 24 heavy (non-hydrogen) atoms. The average molecular weight is 335 g/mol. The maximum absolute atomic E-state index is 12.2. The molecule has 0 heterocycles. The van der Waals surface area contributed by atoms with Crippen molar-refractivity contribution in [2.24, 2.45) is 0 Å². The summed E-state index contributed by atoms with van der Waals surface area (Å²) in [4.78, 5) is 36.6. The topological polar surface area (TPSA) is 83.9 Å². The van der Waals surface area contributed by atoms with E-state index in [0.29, 0.717) is 17.9 Å². The van der Waals surface area contributed by atoms with Gasteiger partial charge in [0.05, 0.1) is 6.61 Å². The van der Waals surface area contributed by atoms with E-state index in [1.54, 1.807) is 24.3 Å². The number of amides is 1. The molecule has 0 aliphatic rings. The first-order valence-electron chi connectivity index (χ1n) is 7.96. The zero-order valence-electron chi connectivity index (χ0n) is 14.7. The van der Waals surface area contributed by atoms with Gasteiger partial charge in [0.25, 0.3) is 0 Å². The van der Waals surface area contributed by atoms with E-state index in [4.69, 9.17) is 9.84 Å². The number of carboxylic acid groups (broad SMARTS) is 1. The molecule has 0 radical (unpaired) electrons. The van der Waals surface area contributed by atoms with E-state index >= 15 is 0 Å². The molecule has 6 nitrogen and oxygen atoms in total. The fraction of sp³-hybridized carbons (Fsp3) is 0.500.